The van der Waals surface area contributed by atoms with Gasteiger partial charge in [-0.3, -0.25) is 4.98 Å². The van der Waals surface area contributed by atoms with Gasteiger partial charge in [-0.15, -0.1) is 0 Å². The molecule has 1 aromatic rings. The maximum atomic E-state index is 5.96. The van der Waals surface area contributed by atoms with Gasteiger partial charge in [-0.1, -0.05) is 6.07 Å². The summed E-state index contributed by atoms with van der Waals surface area (Å²) < 4.78 is 0. The van der Waals surface area contributed by atoms with Gasteiger partial charge in [0, 0.05) is 23.9 Å². The molecule has 82 valence electrons. The summed E-state index contributed by atoms with van der Waals surface area (Å²) in [6, 6.07) is 6.12. The summed E-state index contributed by atoms with van der Waals surface area (Å²) in [5, 5.41) is 0. The predicted molar refractivity (Wildman–Crippen MR) is 61.7 cm³/mol. The van der Waals surface area contributed by atoms with Crippen molar-refractivity contribution in [1.29, 1.82) is 0 Å². The van der Waals surface area contributed by atoms with E-state index in [0.717, 1.165) is 25.9 Å². The monoisotopic (exact) mass is 205 g/mol. The van der Waals surface area contributed by atoms with Crippen molar-refractivity contribution in [2.75, 3.05) is 26.7 Å². The molecule has 2 heterocycles. The molecule has 1 aromatic heterocycles. The second-order valence-corrected chi connectivity index (χ2v) is 4.50. The lowest BCUT2D eigenvalue weighted by molar-refractivity contribution is 0.188. The first kappa shape index (κ1) is 10.6. The fourth-order valence-corrected chi connectivity index (χ4v) is 2.29. The van der Waals surface area contributed by atoms with Crippen LogP contribution in [0.4, 0.5) is 0 Å². The van der Waals surface area contributed by atoms with Crippen LogP contribution in [0.15, 0.2) is 24.4 Å². The summed E-state index contributed by atoms with van der Waals surface area (Å²) in [6.07, 6.45) is 4.11. The van der Waals surface area contributed by atoms with Gasteiger partial charge >= 0.3 is 0 Å². The van der Waals surface area contributed by atoms with Crippen molar-refractivity contribution in [3.05, 3.63) is 30.1 Å². The van der Waals surface area contributed by atoms with Gasteiger partial charge in [-0.25, -0.2) is 0 Å². The molecule has 15 heavy (non-hydrogen) atoms. The number of rotatable bonds is 2. The summed E-state index contributed by atoms with van der Waals surface area (Å²) in [5.41, 5.74) is 7.24. The largest absolute Gasteiger partial charge is 0.330 e. The van der Waals surface area contributed by atoms with Gasteiger partial charge in [-0.05, 0) is 45.1 Å². The Kier molecular flexibility index (Phi) is 3.03. The van der Waals surface area contributed by atoms with E-state index in [4.69, 9.17) is 5.73 Å². The van der Waals surface area contributed by atoms with Crippen molar-refractivity contribution in [2.45, 2.75) is 18.3 Å². The maximum absolute atomic E-state index is 5.96. The average Bonchev–Trinajstić information content (AvgIpc) is 2.32. The number of piperidine rings is 1. The molecule has 1 fully saturated rings. The highest BCUT2D eigenvalue weighted by Crippen LogP contribution is 2.32. The van der Waals surface area contributed by atoms with Crippen molar-refractivity contribution < 1.29 is 0 Å². The van der Waals surface area contributed by atoms with E-state index in [9.17, 15) is 0 Å². The summed E-state index contributed by atoms with van der Waals surface area (Å²) >= 11 is 0. The van der Waals surface area contributed by atoms with E-state index >= 15 is 0 Å². The summed E-state index contributed by atoms with van der Waals surface area (Å²) in [7, 11) is 2.17. The third kappa shape index (κ3) is 2.03. The lowest BCUT2D eigenvalue weighted by Crippen LogP contribution is -2.45. The van der Waals surface area contributed by atoms with Crippen LogP contribution < -0.4 is 5.73 Å². The molecular formula is C12H19N3. The highest BCUT2D eigenvalue weighted by molar-refractivity contribution is 5.19. The van der Waals surface area contributed by atoms with Crippen LogP contribution >= 0.6 is 0 Å². The van der Waals surface area contributed by atoms with Crippen LogP contribution in [-0.2, 0) is 5.41 Å². The van der Waals surface area contributed by atoms with Gasteiger partial charge in [0.05, 0.1) is 0 Å². The van der Waals surface area contributed by atoms with Crippen molar-refractivity contribution in [1.82, 2.24) is 9.88 Å². The average molecular weight is 205 g/mol. The minimum atomic E-state index is 0.119. The molecule has 3 heteroatoms. The van der Waals surface area contributed by atoms with Crippen LogP contribution in [0, 0.1) is 0 Å². The van der Waals surface area contributed by atoms with Gasteiger partial charge in [0.15, 0.2) is 0 Å². The van der Waals surface area contributed by atoms with Crippen molar-refractivity contribution in [3.8, 4) is 0 Å². The molecule has 0 aliphatic carbocycles. The molecular weight excluding hydrogens is 186 g/mol. The number of likely N-dealkylation sites (tertiary alicyclic amines) is 1. The number of aromatic nitrogens is 1. The van der Waals surface area contributed by atoms with Gasteiger partial charge in [-0.2, -0.15) is 0 Å². The second-order valence-electron chi connectivity index (χ2n) is 4.50. The SMILES string of the molecule is CN1CCC(CN)(c2ccccn2)CC1. The van der Waals surface area contributed by atoms with Crippen LogP contribution in [0.5, 0.6) is 0 Å². The number of nitrogens with zero attached hydrogens (tertiary/aromatic N) is 2. The Hall–Kier alpha value is -0.930. The molecule has 0 spiro atoms. The Balaban J connectivity index is 2.23. The van der Waals surface area contributed by atoms with Crippen LogP contribution in [0.2, 0.25) is 0 Å². The van der Waals surface area contributed by atoms with Gasteiger partial charge < -0.3 is 10.6 Å². The fourth-order valence-electron chi connectivity index (χ4n) is 2.29. The normalized spacial score (nSPS) is 21.5. The summed E-state index contributed by atoms with van der Waals surface area (Å²) in [6.45, 7) is 2.94. The highest BCUT2D eigenvalue weighted by Gasteiger charge is 2.35. The molecule has 0 unspecified atom stereocenters. The van der Waals surface area contributed by atoms with E-state index in [1.165, 1.54) is 5.69 Å². The Morgan fingerprint density at radius 3 is 2.67 bits per heavy atom. The van der Waals surface area contributed by atoms with E-state index in [1.807, 2.05) is 12.3 Å². The molecule has 1 saturated heterocycles. The predicted octanol–water partition coefficient (Wildman–Crippen LogP) is 1.00. The van der Waals surface area contributed by atoms with E-state index < -0.39 is 0 Å². The van der Waals surface area contributed by atoms with E-state index in [1.54, 1.807) is 0 Å². The number of hydrogen-bond acceptors (Lipinski definition) is 3. The smallest absolute Gasteiger partial charge is 0.0478 e. The molecule has 1 aliphatic rings. The van der Waals surface area contributed by atoms with Crippen LogP contribution in [0.3, 0.4) is 0 Å². The molecule has 1 aliphatic heterocycles. The van der Waals surface area contributed by atoms with Crippen molar-refractivity contribution >= 4 is 0 Å². The lowest BCUT2D eigenvalue weighted by Gasteiger charge is -2.39. The minimum Gasteiger partial charge on any atom is -0.330 e. The standard InChI is InChI=1S/C12H19N3/c1-15-8-5-12(10-13,6-9-15)11-4-2-3-7-14-11/h2-4,7H,5-6,8-10,13H2,1H3. The van der Waals surface area contributed by atoms with E-state index in [-0.39, 0.29) is 5.41 Å². The second kappa shape index (κ2) is 4.29. The number of hydrogen-bond donors (Lipinski definition) is 1. The van der Waals surface area contributed by atoms with Gasteiger partial charge in [0.25, 0.3) is 0 Å². The zero-order valence-corrected chi connectivity index (χ0v) is 9.32. The number of nitrogens with two attached hydrogens (primary N) is 1. The molecule has 0 bridgehead atoms. The van der Waals surface area contributed by atoms with Gasteiger partial charge in [0.2, 0.25) is 0 Å². The Morgan fingerprint density at radius 2 is 2.13 bits per heavy atom. The van der Waals surface area contributed by atoms with E-state index in [0.29, 0.717) is 6.54 Å². The topological polar surface area (TPSA) is 42.1 Å². The minimum absolute atomic E-state index is 0.119. The molecule has 0 atom stereocenters. The first-order valence-corrected chi connectivity index (χ1v) is 5.57. The fraction of sp³-hybridized carbons (Fsp3) is 0.583. The molecule has 0 amide bonds. The zero-order valence-electron chi connectivity index (χ0n) is 9.32. The Bertz CT molecular complexity index is 302. The summed E-state index contributed by atoms with van der Waals surface area (Å²) in [5.74, 6) is 0. The number of pyridine rings is 1. The molecule has 3 nitrogen and oxygen atoms in total. The van der Waals surface area contributed by atoms with Crippen LogP contribution in [0.1, 0.15) is 18.5 Å². The zero-order chi connectivity index (χ0) is 10.7. The molecule has 0 aromatic carbocycles. The highest BCUT2D eigenvalue weighted by atomic mass is 15.1. The third-order valence-corrected chi connectivity index (χ3v) is 3.54. The van der Waals surface area contributed by atoms with E-state index in [2.05, 4.69) is 29.1 Å². The van der Waals surface area contributed by atoms with Crippen molar-refractivity contribution in [2.24, 2.45) is 5.73 Å². The molecule has 0 radical (unpaired) electrons. The molecule has 2 N–H and O–H groups in total. The maximum Gasteiger partial charge on any atom is 0.0478 e. The first-order valence-electron chi connectivity index (χ1n) is 5.57. The lowest BCUT2D eigenvalue weighted by atomic mass is 9.75. The van der Waals surface area contributed by atoms with Crippen molar-refractivity contribution in [3.63, 3.8) is 0 Å². The Labute approximate surface area is 91.3 Å². The molecule has 2 rings (SSSR count). The summed E-state index contributed by atoms with van der Waals surface area (Å²) in [4.78, 5) is 6.83. The molecule has 0 saturated carbocycles. The van der Waals surface area contributed by atoms with Crippen LogP contribution in [0.25, 0.3) is 0 Å². The Morgan fingerprint density at radius 1 is 1.40 bits per heavy atom. The third-order valence-electron chi connectivity index (χ3n) is 3.54. The first-order chi connectivity index (χ1) is 7.27. The van der Waals surface area contributed by atoms with Gasteiger partial charge in [0.1, 0.15) is 0 Å². The quantitative estimate of drug-likeness (QED) is 0.783. The van der Waals surface area contributed by atoms with Crippen LogP contribution in [-0.4, -0.2) is 36.6 Å².